The molecular formula is C29H29ClN8O3. The predicted octanol–water partition coefficient (Wildman–Crippen LogP) is 4.43. The summed E-state index contributed by atoms with van der Waals surface area (Å²) in [5.41, 5.74) is 3.52. The maximum absolute atomic E-state index is 6.50. The SMILES string of the molecule is CC1(C)OC2[C@H](n3cnc4c(NCC(c5ccccc5)c5ccccc5)nc(Cl)nc43)O[C@H](Cn3cncn3)[C@H]2O1. The topological polar surface area (TPSA) is 114 Å². The van der Waals surface area contributed by atoms with E-state index >= 15 is 0 Å². The zero-order valence-corrected chi connectivity index (χ0v) is 23.3. The minimum absolute atomic E-state index is 0.0889. The molecule has 2 aliphatic heterocycles. The minimum atomic E-state index is -0.766. The van der Waals surface area contributed by atoms with E-state index in [0.717, 1.165) is 0 Å². The zero-order chi connectivity index (χ0) is 28.0. The number of hydrogen-bond acceptors (Lipinski definition) is 9. The summed E-state index contributed by atoms with van der Waals surface area (Å²) in [5.74, 6) is -0.128. The lowest BCUT2D eigenvalue weighted by molar-refractivity contribution is -0.197. The van der Waals surface area contributed by atoms with Gasteiger partial charge in [-0.25, -0.2) is 9.97 Å². The van der Waals surface area contributed by atoms with Gasteiger partial charge in [0.15, 0.2) is 29.0 Å². The molecule has 4 atom stereocenters. The third-order valence-corrected chi connectivity index (χ3v) is 7.67. The lowest BCUT2D eigenvalue weighted by Crippen LogP contribution is -2.32. The molecular weight excluding hydrogens is 544 g/mol. The largest absolute Gasteiger partial charge is 0.367 e. The van der Waals surface area contributed by atoms with Crippen molar-refractivity contribution in [2.24, 2.45) is 0 Å². The first-order chi connectivity index (χ1) is 19.9. The quantitative estimate of drug-likeness (QED) is 0.270. The summed E-state index contributed by atoms with van der Waals surface area (Å²) < 4.78 is 22.6. The highest BCUT2D eigenvalue weighted by molar-refractivity contribution is 6.28. The van der Waals surface area contributed by atoms with Crippen LogP contribution >= 0.6 is 11.6 Å². The van der Waals surface area contributed by atoms with Crippen molar-refractivity contribution >= 4 is 28.6 Å². The number of anilines is 1. The predicted molar refractivity (Wildman–Crippen MR) is 151 cm³/mol. The van der Waals surface area contributed by atoms with Gasteiger partial charge < -0.3 is 19.5 Å². The Morgan fingerprint density at radius 3 is 2.34 bits per heavy atom. The molecule has 2 aromatic carbocycles. The molecule has 2 aliphatic rings. The Morgan fingerprint density at radius 2 is 1.66 bits per heavy atom. The fourth-order valence-electron chi connectivity index (χ4n) is 5.74. The van der Waals surface area contributed by atoms with Gasteiger partial charge in [-0.1, -0.05) is 60.7 Å². The van der Waals surface area contributed by atoms with E-state index in [0.29, 0.717) is 30.1 Å². The van der Waals surface area contributed by atoms with Crippen molar-refractivity contribution in [2.75, 3.05) is 11.9 Å². The van der Waals surface area contributed by atoms with E-state index in [1.54, 1.807) is 17.3 Å². The molecule has 1 unspecified atom stereocenters. The Labute approximate surface area is 241 Å². The second-order valence-electron chi connectivity index (χ2n) is 10.7. The van der Waals surface area contributed by atoms with E-state index in [4.69, 9.17) is 30.8 Å². The maximum atomic E-state index is 6.50. The van der Waals surface area contributed by atoms with E-state index < -0.39 is 12.0 Å². The van der Waals surface area contributed by atoms with Crippen LogP contribution in [-0.2, 0) is 20.8 Å². The molecule has 0 saturated carbocycles. The maximum Gasteiger partial charge on any atom is 0.226 e. The summed E-state index contributed by atoms with van der Waals surface area (Å²) in [4.78, 5) is 17.8. The normalized spacial score (nSPS) is 23.3. The molecule has 2 fully saturated rings. The van der Waals surface area contributed by atoms with Gasteiger partial charge in [-0.3, -0.25) is 9.25 Å². The van der Waals surface area contributed by atoms with Gasteiger partial charge in [0.2, 0.25) is 5.28 Å². The Bertz CT molecular complexity index is 1590. The van der Waals surface area contributed by atoms with Crippen LogP contribution < -0.4 is 5.32 Å². The van der Waals surface area contributed by atoms with Crippen LogP contribution in [-0.4, -0.2) is 64.9 Å². The lowest BCUT2D eigenvalue weighted by Gasteiger charge is -2.24. The van der Waals surface area contributed by atoms with E-state index in [1.807, 2.05) is 54.8 Å². The molecule has 210 valence electrons. The third-order valence-electron chi connectivity index (χ3n) is 7.50. The average Bonchev–Trinajstić information content (AvgIpc) is 3.75. The molecule has 0 spiro atoms. The fourth-order valence-corrected chi connectivity index (χ4v) is 5.90. The van der Waals surface area contributed by atoms with Gasteiger partial charge in [0.05, 0.1) is 12.9 Å². The van der Waals surface area contributed by atoms with E-state index in [2.05, 4.69) is 49.6 Å². The number of fused-ring (bicyclic) bond motifs is 2. The highest BCUT2D eigenvalue weighted by Crippen LogP contribution is 2.44. The van der Waals surface area contributed by atoms with Gasteiger partial charge in [-0.15, -0.1) is 0 Å². The molecule has 3 aromatic heterocycles. The number of nitrogens with one attached hydrogen (secondary N) is 1. The molecule has 7 rings (SSSR count). The van der Waals surface area contributed by atoms with Gasteiger partial charge in [0.1, 0.15) is 31.0 Å². The van der Waals surface area contributed by atoms with Crippen LogP contribution in [0.4, 0.5) is 5.82 Å². The fraction of sp³-hybridized carbons (Fsp3) is 0.345. The highest BCUT2D eigenvalue weighted by Gasteiger charge is 2.56. The number of aromatic nitrogens is 7. The van der Waals surface area contributed by atoms with E-state index in [-0.39, 0.29) is 29.5 Å². The summed E-state index contributed by atoms with van der Waals surface area (Å²) in [5, 5.41) is 7.84. The molecule has 0 bridgehead atoms. The number of benzene rings is 2. The number of ether oxygens (including phenoxy) is 3. The summed E-state index contributed by atoms with van der Waals surface area (Å²) in [6, 6.07) is 20.8. The molecule has 5 aromatic rings. The second kappa shape index (κ2) is 10.5. The number of rotatable bonds is 8. The van der Waals surface area contributed by atoms with Gasteiger partial charge in [0.25, 0.3) is 0 Å². The molecule has 2 saturated heterocycles. The molecule has 41 heavy (non-hydrogen) atoms. The highest BCUT2D eigenvalue weighted by atomic mass is 35.5. The van der Waals surface area contributed by atoms with Crippen LogP contribution in [0.3, 0.4) is 0 Å². The molecule has 12 heteroatoms. The Kier molecular flexibility index (Phi) is 6.66. The van der Waals surface area contributed by atoms with Crippen molar-refractivity contribution in [2.45, 2.75) is 56.6 Å². The summed E-state index contributed by atoms with van der Waals surface area (Å²) >= 11 is 6.47. The monoisotopic (exact) mass is 572 g/mol. The third kappa shape index (κ3) is 5.06. The first-order valence-corrected chi connectivity index (χ1v) is 13.9. The van der Waals surface area contributed by atoms with E-state index in [9.17, 15) is 0 Å². The van der Waals surface area contributed by atoms with Crippen molar-refractivity contribution in [3.63, 3.8) is 0 Å². The molecule has 0 amide bonds. The van der Waals surface area contributed by atoms with Crippen LogP contribution in [0.15, 0.2) is 79.6 Å². The Hall–Kier alpha value is -3.90. The van der Waals surface area contributed by atoms with Gasteiger partial charge >= 0.3 is 0 Å². The van der Waals surface area contributed by atoms with Crippen molar-refractivity contribution in [1.82, 2.24) is 34.3 Å². The molecule has 11 nitrogen and oxygen atoms in total. The first-order valence-electron chi connectivity index (χ1n) is 13.5. The number of hydrogen-bond donors (Lipinski definition) is 1. The zero-order valence-electron chi connectivity index (χ0n) is 22.5. The number of nitrogens with zero attached hydrogens (tertiary/aromatic N) is 7. The van der Waals surface area contributed by atoms with Gasteiger partial charge in [-0.2, -0.15) is 15.1 Å². The van der Waals surface area contributed by atoms with E-state index in [1.165, 1.54) is 17.5 Å². The molecule has 0 aliphatic carbocycles. The van der Waals surface area contributed by atoms with Crippen molar-refractivity contribution in [1.29, 1.82) is 0 Å². The van der Waals surface area contributed by atoms with Crippen LogP contribution in [0.2, 0.25) is 5.28 Å². The van der Waals surface area contributed by atoms with Crippen LogP contribution in [0.1, 0.15) is 37.1 Å². The summed E-state index contributed by atoms with van der Waals surface area (Å²) in [6.45, 7) is 4.85. The van der Waals surface area contributed by atoms with Crippen molar-refractivity contribution in [3.05, 3.63) is 96.1 Å². The number of halogens is 1. The standard InChI is InChI=1S/C29H29ClN8O3/c1-29(2)40-23-21(14-37-16-31-15-34-37)39-27(24(23)41-29)38-17-33-22-25(35-28(30)36-26(22)38)32-13-20(18-9-5-3-6-10-18)19-11-7-4-8-12-19/h3-12,15-17,20-21,23-24,27H,13-14H2,1-2H3,(H,32,35,36)/t21-,23-,24?,27-/m1/s1. The van der Waals surface area contributed by atoms with Crippen LogP contribution in [0.25, 0.3) is 11.2 Å². The lowest BCUT2D eigenvalue weighted by atomic mass is 9.91. The average molecular weight is 573 g/mol. The van der Waals surface area contributed by atoms with Gasteiger partial charge in [-0.05, 0) is 36.6 Å². The Morgan fingerprint density at radius 1 is 0.951 bits per heavy atom. The second-order valence-corrected chi connectivity index (χ2v) is 11.0. The van der Waals surface area contributed by atoms with Gasteiger partial charge in [0, 0.05) is 12.5 Å². The van der Waals surface area contributed by atoms with Crippen molar-refractivity contribution in [3.8, 4) is 0 Å². The first kappa shape index (κ1) is 26.0. The number of imidazole rings is 1. The van der Waals surface area contributed by atoms with Crippen LogP contribution in [0, 0.1) is 0 Å². The van der Waals surface area contributed by atoms with Crippen LogP contribution in [0.5, 0.6) is 0 Å². The summed E-state index contributed by atoms with van der Waals surface area (Å²) in [7, 11) is 0. The molecule has 1 N–H and O–H groups in total. The Balaban J connectivity index is 1.20. The van der Waals surface area contributed by atoms with Crippen molar-refractivity contribution < 1.29 is 14.2 Å². The summed E-state index contributed by atoms with van der Waals surface area (Å²) in [6.07, 6.45) is 3.28. The smallest absolute Gasteiger partial charge is 0.226 e. The minimum Gasteiger partial charge on any atom is -0.367 e. The molecule has 5 heterocycles. The molecule has 0 radical (unpaired) electrons.